The Morgan fingerprint density at radius 2 is 2.11 bits per heavy atom. The molecule has 0 radical (unpaired) electrons. The van der Waals surface area contributed by atoms with Gasteiger partial charge >= 0.3 is 5.97 Å². The predicted molar refractivity (Wildman–Crippen MR) is 141 cm³/mol. The van der Waals surface area contributed by atoms with Gasteiger partial charge in [0.2, 0.25) is 0 Å². The maximum absolute atomic E-state index is 13.4. The van der Waals surface area contributed by atoms with Crippen molar-refractivity contribution in [2.45, 2.75) is 38.6 Å². The van der Waals surface area contributed by atoms with Crippen LogP contribution < -0.4 is 5.56 Å². The van der Waals surface area contributed by atoms with Crippen LogP contribution in [0, 0.1) is 0 Å². The smallest absolute Gasteiger partial charge is 0.346 e. The molecule has 0 amide bonds. The first kappa shape index (κ1) is 24.2. The Balaban J connectivity index is 1.38. The molecule has 5 heterocycles. The van der Waals surface area contributed by atoms with Crippen molar-refractivity contribution in [2.75, 3.05) is 0 Å². The lowest BCUT2D eigenvalue weighted by Gasteiger charge is -2.14. The summed E-state index contributed by atoms with van der Waals surface area (Å²) in [5.41, 5.74) is 3.88. The highest BCUT2D eigenvalue weighted by Crippen LogP contribution is 2.37. The first-order valence-electron chi connectivity index (χ1n) is 11.9. The van der Waals surface area contributed by atoms with E-state index in [1.165, 1.54) is 28.4 Å². The number of carbonyl (C=O) groups is 1. The number of aromatic nitrogens is 8. The highest BCUT2D eigenvalue weighted by atomic mass is 35.5. The van der Waals surface area contributed by atoms with Gasteiger partial charge in [-0.2, -0.15) is 4.68 Å². The van der Waals surface area contributed by atoms with Gasteiger partial charge < -0.3 is 10.1 Å². The minimum Gasteiger partial charge on any atom is -0.477 e. The molecule has 0 fully saturated rings. The van der Waals surface area contributed by atoms with Gasteiger partial charge in [-0.1, -0.05) is 25.4 Å². The molecule has 1 aliphatic heterocycles. The Hall–Kier alpha value is -4.16. The Bertz CT molecular complexity index is 1740. The summed E-state index contributed by atoms with van der Waals surface area (Å²) < 4.78 is 3.16. The van der Waals surface area contributed by atoms with Crippen LogP contribution in [0.1, 0.15) is 59.1 Å². The number of hydrogen-bond donors (Lipinski definition) is 2. The van der Waals surface area contributed by atoms with Crippen molar-refractivity contribution in [3.63, 3.8) is 0 Å². The molecule has 5 aromatic rings. The lowest BCUT2D eigenvalue weighted by Crippen LogP contribution is -2.25. The molecule has 0 saturated carbocycles. The molecule has 13 heteroatoms. The van der Waals surface area contributed by atoms with E-state index in [4.69, 9.17) is 16.6 Å². The summed E-state index contributed by atoms with van der Waals surface area (Å²) in [5.74, 6) is 0.358. The number of carboxylic acids is 1. The summed E-state index contributed by atoms with van der Waals surface area (Å²) in [5, 5.41) is 23.3. The maximum Gasteiger partial charge on any atom is 0.346 e. The van der Waals surface area contributed by atoms with E-state index in [1.54, 1.807) is 29.0 Å². The molecule has 6 rings (SSSR count). The molecule has 4 aromatic heterocycles. The normalized spacial score (nSPS) is 14.8. The number of nitrogens with one attached hydrogen (secondary N) is 1. The fourth-order valence-electron chi connectivity index (χ4n) is 4.98. The van der Waals surface area contributed by atoms with Crippen molar-refractivity contribution in [3.8, 4) is 28.2 Å². The van der Waals surface area contributed by atoms with E-state index >= 15 is 0 Å². The number of fused-ring (bicyclic) bond motifs is 1. The molecule has 1 aliphatic rings. The van der Waals surface area contributed by atoms with Crippen LogP contribution in [0.4, 0.5) is 0 Å². The van der Waals surface area contributed by atoms with Crippen molar-refractivity contribution in [2.24, 2.45) is 0 Å². The Morgan fingerprint density at radius 3 is 2.84 bits per heavy atom. The zero-order chi connectivity index (χ0) is 26.6. The van der Waals surface area contributed by atoms with E-state index in [0.29, 0.717) is 51.3 Å². The topological polar surface area (TPSA) is 144 Å². The first-order chi connectivity index (χ1) is 18.3. The number of rotatable bonds is 6. The second-order valence-electron chi connectivity index (χ2n) is 9.27. The largest absolute Gasteiger partial charge is 0.477 e. The van der Waals surface area contributed by atoms with Gasteiger partial charge in [0, 0.05) is 34.0 Å². The molecule has 192 valence electrons. The molecule has 1 atom stereocenters. The maximum atomic E-state index is 13.4. The molecule has 2 N–H and O–H groups in total. The predicted octanol–water partition coefficient (Wildman–Crippen LogP) is 4.35. The van der Waals surface area contributed by atoms with E-state index in [9.17, 15) is 14.7 Å². The van der Waals surface area contributed by atoms with Gasteiger partial charge in [-0.15, -0.1) is 16.4 Å². The summed E-state index contributed by atoms with van der Waals surface area (Å²) in [6, 6.07) is 6.41. The van der Waals surface area contributed by atoms with Crippen molar-refractivity contribution >= 4 is 28.9 Å². The van der Waals surface area contributed by atoms with Crippen LogP contribution in [-0.4, -0.2) is 50.8 Å². The average Bonchev–Trinajstić information content (AvgIpc) is 3.68. The number of imidazole rings is 1. The summed E-state index contributed by atoms with van der Waals surface area (Å²) in [7, 11) is 0. The lowest BCUT2D eigenvalue weighted by atomic mass is 9.97. The van der Waals surface area contributed by atoms with Crippen molar-refractivity contribution < 1.29 is 9.90 Å². The number of benzene rings is 1. The number of halogens is 1. The van der Waals surface area contributed by atoms with Crippen molar-refractivity contribution in [3.05, 3.63) is 79.6 Å². The number of H-pyrrole nitrogens is 1. The Morgan fingerprint density at radius 1 is 1.26 bits per heavy atom. The summed E-state index contributed by atoms with van der Waals surface area (Å²) >= 11 is 7.48. The highest BCUT2D eigenvalue weighted by molar-refractivity contribution is 7.12. The molecule has 0 unspecified atom stereocenters. The molecule has 0 saturated heterocycles. The highest BCUT2D eigenvalue weighted by Gasteiger charge is 2.30. The fourth-order valence-corrected chi connectivity index (χ4v) is 6.22. The Kier molecular flexibility index (Phi) is 5.92. The fraction of sp³-hybridized carbons (Fsp3) is 0.240. The van der Waals surface area contributed by atoms with Gasteiger partial charge in [0.05, 0.1) is 29.3 Å². The SMILES string of the molecule is CC(C)c1c(-c2cnc([C@@H]3CCc4nc(-c5cc(Cl)ccc5-n5cnnn5)cc(=O)n43)[nH]2)csc1C(=O)O. The average molecular weight is 549 g/mol. The van der Waals surface area contributed by atoms with E-state index < -0.39 is 5.97 Å². The standard InChI is InChI=1S/C25H21ClN8O3S/c1-12(2)22-15(10-38-23(22)25(36)37)17-9-27-24(30-17)19-5-6-20-29-16(8-21(35)34(19)20)14-7-13(26)3-4-18(14)33-11-28-31-32-33/h3-4,7-12,19H,5-6H2,1-2H3,(H,27,30)(H,36,37)/t19-/m0/s1. The van der Waals surface area contributed by atoms with Crippen LogP contribution in [0.5, 0.6) is 0 Å². The summed E-state index contributed by atoms with van der Waals surface area (Å²) in [6.07, 6.45) is 4.40. The van der Waals surface area contributed by atoms with E-state index in [-0.39, 0.29) is 17.5 Å². The zero-order valence-electron chi connectivity index (χ0n) is 20.3. The minimum atomic E-state index is -0.939. The van der Waals surface area contributed by atoms with E-state index in [1.807, 2.05) is 19.2 Å². The van der Waals surface area contributed by atoms with Gasteiger partial charge in [-0.3, -0.25) is 9.36 Å². The van der Waals surface area contributed by atoms with Crippen molar-refractivity contribution in [1.29, 1.82) is 0 Å². The number of aryl methyl sites for hydroxylation is 1. The third-order valence-corrected chi connectivity index (χ3v) is 7.83. The van der Waals surface area contributed by atoms with Gasteiger partial charge in [-0.25, -0.2) is 14.8 Å². The second-order valence-corrected chi connectivity index (χ2v) is 10.6. The third kappa shape index (κ3) is 4.02. The first-order valence-corrected chi connectivity index (χ1v) is 13.1. The molecule has 1 aromatic carbocycles. The van der Waals surface area contributed by atoms with Gasteiger partial charge in [-0.05, 0) is 46.5 Å². The molecule has 38 heavy (non-hydrogen) atoms. The number of nitrogens with zero attached hydrogens (tertiary/aromatic N) is 7. The number of aromatic carboxylic acids is 1. The molecular weight excluding hydrogens is 528 g/mol. The second kappa shape index (κ2) is 9.30. The van der Waals surface area contributed by atoms with Crippen molar-refractivity contribution in [1.82, 2.24) is 39.7 Å². The Labute approximate surface area is 224 Å². The van der Waals surface area contributed by atoms with Crippen LogP contribution in [0.25, 0.3) is 28.2 Å². The number of carboxylic acid groups (broad SMARTS) is 1. The lowest BCUT2D eigenvalue weighted by molar-refractivity contribution is 0.0700. The van der Waals surface area contributed by atoms with E-state index in [0.717, 1.165) is 16.8 Å². The number of hydrogen-bond acceptors (Lipinski definition) is 8. The number of tetrazole rings is 1. The molecule has 0 bridgehead atoms. The monoisotopic (exact) mass is 548 g/mol. The quantitative estimate of drug-likeness (QED) is 0.318. The van der Waals surface area contributed by atoms with Gasteiger partial charge in [0.15, 0.2) is 0 Å². The van der Waals surface area contributed by atoms with Crippen LogP contribution in [-0.2, 0) is 6.42 Å². The summed E-state index contributed by atoms with van der Waals surface area (Å²) in [6.45, 7) is 3.94. The minimum absolute atomic E-state index is 0.0243. The zero-order valence-corrected chi connectivity index (χ0v) is 21.9. The van der Waals surface area contributed by atoms with E-state index in [2.05, 4.69) is 25.5 Å². The summed E-state index contributed by atoms with van der Waals surface area (Å²) in [4.78, 5) is 38.2. The van der Waals surface area contributed by atoms with Crippen LogP contribution in [0.3, 0.4) is 0 Å². The molecule has 0 spiro atoms. The number of aromatic amines is 1. The van der Waals surface area contributed by atoms with Crippen LogP contribution in [0.2, 0.25) is 5.02 Å². The van der Waals surface area contributed by atoms with Gasteiger partial charge in [0.1, 0.15) is 22.9 Å². The molecular formula is C25H21ClN8O3S. The van der Waals surface area contributed by atoms with Crippen LogP contribution >= 0.6 is 22.9 Å². The number of thiophene rings is 1. The van der Waals surface area contributed by atoms with Gasteiger partial charge in [0.25, 0.3) is 5.56 Å². The third-order valence-electron chi connectivity index (χ3n) is 6.61. The molecule has 11 nitrogen and oxygen atoms in total. The molecule has 0 aliphatic carbocycles. The van der Waals surface area contributed by atoms with Crippen LogP contribution in [0.15, 0.2) is 47.0 Å².